The highest BCUT2D eigenvalue weighted by atomic mass is 35.5. The Morgan fingerprint density at radius 1 is 1.12 bits per heavy atom. The summed E-state index contributed by atoms with van der Waals surface area (Å²) in [6, 6.07) is 7.62. The first-order chi connectivity index (χ1) is 16.5. The zero-order valence-electron chi connectivity index (χ0n) is 19.5. The average Bonchev–Trinajstić information content (AvgIpc) is 3.17. The predicted molar refractivity (Wildman–Crippen MR) is 129 cm³/mol. The van der Waals surface area contributed by atoms with Gasteiger partial charge in [-0.25, -0.2) is 14.4 Å². The van der Waals surface area contributed by atoms with Crippen molar-refractivity contribution in [2.24, 2.45) is 0 Å². The van der Waals surface area contributed by atoms with Gasteiger partial charge in [0.15, 0.2) is 0 Å². The van der Waals surface area contributed by atoms with E-state index in [9.17, 15) is 9.18 Å². The molecule has 0 N–H and O–H groups in total. The summed E-state index contributed by atoms with van der Waals surface area (Å²) in [6.45, 7) is 8.31. The molecular formula is C25H31ClFN5O2. The SMILES string of the molecule is C[C@@H]1C[C@H](F)c2ncnc(N3CCN(C(=O)[C@@H](CN4CCOCC4)c4ccc(Cl)cc4)CC3)c21. The van der Waals surface area contributed by atoms with E-state index in [1.807, 2.05) is 36.1 Å². The van der Waals surface area contributed by atoms with Crippen molar-refractivity contribution >= 4 is 23.3 Å². The molecule has 5 rings (SSSR count). The van der Waals surface area contributed by atoms with E-state index < -0.39 is 6.17 Å². The molecule has 7 nitrogen and oxygen atoms in total. The number of carbonyl (C=O) groups is 1. The van der Waals surface area contributed by atoms with Crippen molar-refractivity contribution in [1.29, 1.82) is 0 Å². The molecular weight excluding hydrogens is 457 g/mol. The molecule has 0 saturated carbocycles. The lowest BCUT2D eigenvalue weighted by molar-refractivity contribution is -0.134. The van der Waals surface area contributed by atoms with Gasteiger partial charge in [-0.15, -0.1) is 0 Å². The second-order valence-corrected chi connectivity index (χ2v) is 9.87. The number of morpholine rings is 1. The molecule has 2 aliphatic heterocycles. The number of anilines is 1. The lowest BCUT2D eigenvalue weighted by Crippen LogP contribution is -2.52. The molecule has 3 heterocycles. The van der Waals surface area contributed by atoms with Crippen LogP contribution in [0.25, 0.3) is 0 Å². The van der Waals surface area contributed by atoms with Gasteiger partial charge in [0.05, 0.1) is 24.8 Å². The Morgan fingerprint density at radius 2 is 1.82 bits per heavy atom. The predicted octanol–water partition coefficient (Wildman–Crippen LogP) is 3.41. The highest BCUT2D eigenvalue weighted by Gasteiger charge is 2.36. The Labute approximate surface area is 204 Å². The number of hydrogen-bond donors (Lipinski definition) is 0. The molecule has 1 aliphatic carbocycles. The van der Waals surface area contributed by atoms with E-state index in [-0.39, 0.29) is 17.7 Å². The molecule has 2 aromatic rings. The van der Waals surface area contributed by atoms with E-state index in [0.29, 0.717) is 63.1 Å². The van der Waals surface area contributed by atoms with Crippen LogP contribution < -0.4 is 4.90 Å². The molecule has 0 unspecified atom stereocenters. The van der Waals surface area contributed by atoms with Crippen LogP contribution >= 0.6 is 11.6 Å². The monoisotopic (exact) mass is 487 g/mol. The fraction of sp³-hybridized carbons (Fsp3) is 0.560. The highest BCUT2D eigenvalue weighted by Crippen LogP contribution is 2.44. The Kier molecular flexibility index (Phi) is 6.99. The number of halogens is 2. The zero-order chi connectivity index (χ0) is 23.7. The first-order valence-electron chi connectivity index (χ1n) is 12.1. The summed E-state index contributed by atoms with van der Waals surface area (Å²) in [5.74, 6) is 0.812. The van der Waals surface area contributed by atoms with Crippen molar-refractivity contribution in [3.8, 4) is 0 Å². The number of alkyl halides is 1. The first-order valence-corrected chi connectivity index (χ1v) is 12.5. The third-order valence-corrected chi connectivity index (χ3v) is 7.50. The number of aromatic nitrogens is 2. The minimum Gasteiger partial charge on any atom is -0.379 e. The van der Waals surface area contributed by atoms with Gasteiger partial charge in [0.2, 0.25) is 5.91 Å². The Balaban J connectivity index is 1.30. The van der Waals surface area contributed by atoms with Crippen molar-refractivity contribution in [2.45, 2.75) is 31.4 Å². The van der Waals surface area contributed by atoms with Crippen molar-refractivity contribution < 1.29 is 13.9 Å². The van der Waals surface area contributed by atoms with Gasteiger partial charge in [-0.1, -0.05) is 30.7 Å². The van der Waals surface area contributed by atoms with E-state index in [0.717, 1.165) is 30.0 Å². The molecule has 0 bridgehead atoms. The van der Waals surface area contributed by atoms with Gasteiger partial charge in [-0.05, 0) is 30.0 Å². The molecule has 1 amide bonds. The van der Waals surface area contributed by atoms with Crippen molar-refractivity contribution in [3.05, 3.63) is 52.4 Å². The summed E-state index contributed by atoms with van der Waals surface area (Å²) in [7, 11) is 0. The minimum absolute atomic E-state index is 0.101. The van der Waals surface area contributed by atoms with Crippen LogP contribution in [-0.2, 0) is 9.53 Å². The second-order valence-electron chi connectivity index (χ2n) is 9.43. The van der Waals surface area contributed by atoms with Crippen LogP contribution in [0.3, 0.4) is 0 Å². The fourth-order valence-electron chi connectivity index (χ4n) is 5.34. The van der Waals surface area contributed by atoms with Gasteiger partial charge >= 0.3 is 0 Å². The van der Waals surface area contributed by atoms with Gasteiger partial charge in [-0.3, -0.25) is 9.69 Å². The summed E-state index contributed by atoms with van der Waals surface area (Å²) >= 11 is 6.11. The van der Waals surface area contributed by atoms with Crippen LogP contribution in [0.2, 0.25) is 5.02 Å². The smallest absolute Gasteiger partial charge is 0.231 e. The van der Waals surface area contributed by atoms with Gasteiger partial charge < -0.3 is 14.5 Å². The first kappa shape index (κ1) is 23.5. The average molecular weight is 488 g/mol. The fourth-order valence-corrected chi connectivity index (χ4v) is 5.46. The summed E-state index contributed by atoms with van der Waals surface area (Å²) in [5, 5.41) is 0.664. The number of benzene rings is 1. The highest BCUT2D eigenvalue weighted by molar-refractivity contribution is 6.30. The van der Waals surface area contributed by atoms with E-state index in [1.54, 1.807) is 0 Å². The van der Waals surface area contributed by atoms with Gasteiger partial charge in [0.1, 0.15) is 18.3 Å². The van der Waals surface area contributed by atoms with Crippen LogP contribution in [0.15, 0.2) is 30.6 Å². The maximum atomic E-state index is 14.4. The van der Waals surface area contributed by atoms with Crippen LogP contribution in [0.1, 0.15) is 48.2 Å². The van der Waals surface area contributed by atoms with Gasteiger partial charge in [0, 0.05) is 56.4 Å². The maximum absolute atomic E-state index is 14.4. The molecule has 1 aromatic carbocycles. The third-order valence-electron chi connectivity index (χ3n) is 7.25. The third kappa shape index (κ3) is 4.76. The number of carbonyl (C=O) groups excluding carboxylic acids is 1. The standard InChI is InChI=1S/C25H31ClFN5O2/c1-17-14-21(27)23-22(17)24(29-16-28-23)31-6-8-32(9-7-31)25(33)20(15-30-10-12-34-13-11-30)18-2-4-19(26)5-3-18/h2-5,16-17,20-21H,6-15H2,1H3/t17-,20+,21+/m1/s1. The molecule has 2 saturated heterocycles. The number of rotatable bonds is 5. The minimum atomic E-state index is -1.02. The number of fused-ring (bicyclic) bond motifs is 1. The molecule has 0 spiro atoms. The number of piperazine rings is 1. The second kappa shape index (κ2) is 10.1. The van der Waals surface area contributed by atoms with Crippen molar-refractivity contribution in [2.75, 3.05) is 63.9 Å². The number of amides is 1. The quantitative estimate of drug-likeness (QED) is 0.644. The van der Waals surface area contributed by atoms with E-state index in [4.69, 9.17) is 16.3 Å². The lowest BCUT2D eigenvalue weighted by Gasteiger charge is -2.39. The van der Waals surface area contributed by atoms with Gasteiger partial charge in [-0.2, -0.15) is 0 Å². The zero-order valence-corrected chi connectivity index (χ0v) is 20.3. The molecule has 182 valence electrons. The molecule has 3 aliphatic rings. The van der Waals surface area contributed by atoms with Crippen LogP contribution in [0, 0.1) is 0 Å². The summed E-state index contributed by atoms with van der Waals surface area (Å²) in [4.78, 5) is 28.9. The number of hydrogen-bond acceptors (Lipinski definition) is 6. The van der Waals surface area contributed by atoms with E-state index in [2.05, 4.69) is 19.8 Å². The number of ether oxygens (including phenoxy) is 1. The Bertz CT molecular complexity index is 1010. The Morgan fingerprint density at radius 3 is 2.53 bits per heavy atom. The molecule has 9 heteroatoms. The van der Waals surface area contributed by atoms with Crippen LogP contribution in [-0.4, -0.2) is 84.7 Å². The molecule has 3 atom stereocenters. The van der Waals surface area contributed by atoms with Gasteiger partial charge in [0.25, 0.3) is 0 Å². The largest absolute Gasteiger partial charge is 0.379 e. The molecule has 34 heavy (non-hydrogen) atoms. The summed E-state index contributed by atoms with van der Waals surface area (Å²) in [5.41, 5.74) is 2.45. The van der Waals surface area contributed by atoms with Crippen molar-refractivity contribution in [1.82, 2.24) is 19.8 Å². The molecule has 1 aromatic heterocycles. The van der Waals surface area contributed by atoms with Crippen LogP contribution in [0.5, 0.6) is 0 Å². The maximum Gasteiger partial charge on any atom is 0.231 e. The number of nitrogens with zero attached hydrogens (tertiary/aromatic N) is 5. The molecule has 2 fully saturated rings. The van der Waals surface area contributed by atoms with Crippen molar-refractivity contribution in [3.63, 3.8) is 0 Å². The lowest BCUT2D eigenvalue weighted by atomic mass is 9.96. The van der Waals surface area contributed by atoms with E-state index >= 15 is 0 Å². The van der Waals surface area contributed by atoms with Crippen LogP contribution in [0.4, 0.5) is 10.2 Å². The Hall–Kier alpha value is -2.29. The summed E-state index contributed by atoms with van der Waals surface area (Å²) in [6.07, 6.45) is 0.911. The van der Waals surface area contributed by atoms with E-state index in [1.165, 1.54) is 6.33 Å². The topological polar surface area (TPSA) is 61.8 Å². The molecule has 0 radical (unpaired) electrons. The summed E-state index contributed by atoms with van der Waals surface area (Å²) < 4.78 is 19.9. The normalized spacial score (nSPS) is 24.2.